The highest BCUT2D eigenvalue weighted by atomic mass is 35.5. The summed E-state index contributed by atoms with van der Waals surface area (Å²) in [5.74, 6) is -0.0364. The smallest absolute Gasteiger partial charge is 0.318 e. The fourth-order valence-corrected chi connectivity index (χ4v) is 2.32. The molecule has 3 amide bonds. The van der Waals surface area contributed by atoms with E-state index in [1.165, 1.54) is 7.11 Å². The van der Waals surface area contributed by atoms with Crippen molar-refractivity contribution in [1.29, 1.82) is 0 Å². The van der Waals surface area contributed by atoms with Crippen LogP contribution in [0.4, 0.5) is 10.5 Å². The van der Waals surface area contributed by atoms with Gasteiger partial charge in [-0.3, -0.25) is 10.1 Å². The summed E-state index contributed by atoms with van der Waals surface area (Å²) in [4.78, 5) is 23.2. The molecule has 0 radical (unpaired) electrons. The number of carbonyl (C=O) groups is 2. The van der Waals surface area contributed by atoms with E-state index in [4.69, 9.17) is 22.1 Å². The summed E-state index contributed by atoms with van der Waals surface area (Å²) < 4.78 is 5.09. The molecule has 4 N–H and O–H groups in total. The highest BCUT2D eigenvalue weighted by Crippen LogP contribution is 2.29. The lowest BCUT2D eigenvalue weighted by Gasteiger charge is -2.19. The number of urea groups is 1. The van der Waals surface area contributed by atoms with Crippen molar-refractivity contribution in [2.75, 3.05) is 12.4 Å². The maximum Gasteiger partial charge on any atom is 0.318 e. The fraction of sp³-hybridized carbons (Fsp3) is 0.125. The van der Waals surface area contributed by atoms with Gasteiger partial charge in [0.05, 0.1) is 12.1 Å². The molecule has 1 atom stereocenters. The van der Waals surface area contributed by atoms with Gasteiger partial charge < -0.3 is 15.8 Å². The quantitative estimate of drug-likeness (QED) is 0.784. The number of carbonyl (C=O) groups excluding carboxylic acids is 2. The van der Waals surface area contributed by atoms with Gasteiger partial charge >= 0.3 is 6.03 Å². The van der Waals surface area contributed by atoms with Crippen LogP contribution in [0.25, 0.3) is 0 Å². The summed E-state index contributed by atoms with van der Waals surface area (Å²) in [5, 5.41) is 5.51. The van der Waals surface area contributed by atoms with Crippen molar-refractivity contribution < 1.29 is 14.3 Å². The second-order valence-corrected chi connectivity index (χ2v) is 5.10. The Bertz CT molecular complexity index is 707. The molecule has 23 heavy (non-hydrogen) atoms. The molecule has 0 aliphatic rings. The number of imide groups is 1. The monoisotopic (exact) mass is 333 g/mol. The van der Waals surface area contributed by atoms with E-state index in [9.17, 15) is 9.59 Å². The molecule has 0 saturated carbocycles. The summed E-state index contributed by atoms with van der Waals surface area (Å²) in [5.41, 5.74) is 6.31. The number of halogens is 1. The zero-order chi connectivity index (χ0) is 16.8. The normalized spacial score (nSPS) is 11.4. The molecule has 0 fully saturated rings. The minimum Gasteiger partial charge on any atom is -0.495 e. The summed E-state index contributed by atoms with van der Waals surface area (Å²) in [6.07, 6.45) is 0. The number of primary amides is 1. The first-order valence-electron chi connectivity index (χ1n) is 6.76. The van der Waals surface area contributed by atoms with Crippen molar-refractivity contribution in [3.05, 3.63) is 59.1 Å². The number of rotatable bonds is 5. The van der Waals surface area contributed by atoms with Gasteiger partial charge in [-0.2, -0.15) is 0 Å². The molecule has 2 rings (SSSR count). The van der Waals surface area contributed by atoms with E-state index in [0.717, 1.165) is 0 Å². The molecule has 0 bridgehead atoms. The Morgan fingerprint density at radius 2 is 1.87 bits per heavy atom. The zero-order valence-corrected chi connectivity index (χ0v) is 13.1. The first kappa shape index (κ1) is 16.6. The molecular formula is C16H16ClN3O3. The topological polar surface area (TPSA) is 93.4 Å². The Hall–Kier alpha value is -2.73. The third-order valence-electron chi connectivity index (χ3n) is 3.10. The first-order valence-corrected chi connectivity index (χ1v) is 7.14. The minimum atomic E-state index is -0.912. The van der Waals surface area contributed by atoms with Crippen molar-refractivity contribution in [3.8, 4) is 5.75 Å². The van der Waals surface area contributed by atoms with Gasteiger partial charge in [0.2, 0.25) is 0 Å². The number of methoxy groups -OCH3 is 1. The van der Waals surface area contributed by atoms with Crippen LogP contribution in [0.5, 0.6) is 5.75 Å². The number of nitrogens with two attached hydrogens (primary N) is 1. The predicted molar refractivity (Wildman–Crippen MR) is 88.5 cm³/mol. The maximum atomic E-state index is 12.2. The Morgan fingerprint density at radius 3 is 2.43 bits per heavy atom. The van der Waals surface area contributed by atoms with Crippen LogP contribution in [0.2, 0.25) is 5.02 Å². The molecule has 0 aliphatic heterocycles. The molecule has 2 aromatic rings. The van der Waals surface area contributed by atoms with E-state index >= 15 is 0 Å². The van der Waals surface area contributed by atoms with E-state index in [1.807, 2.05) is 6.07 Å². The number of ether oxygens (including phenoxy) is 1. The van der Waals surface area contributed by atoms with Gasteiger partial charge in [-0.25, -0.2) is 4.79 Å². The number of anilines is 1. The lowest BCUT2D eigenvalue weighted by Crippen LogP contribution is -2.40. The Kier molecular flexibility index (Phi) is 5.43. The minimum absolute atomic E-state index is 0.402. The molecule has 120 valence electrons. The third-order valence-corrected chi connectivity index (χ3v) is 3.40. The van der Waals surface area contributed by atoms with Crippen molar-refractivity contribution in [2.45, 2.75) is 6.04 Å². The van der Waals surface area contributed by atoms with Crippen LogP contribution in [0.15, 0.2) is 48.5 Å². The predicted octanol–water partition coefficient (Wildman–Crippen LogP) is 2.70. The SMILES string of the molecule is COc1ccc(N[C@@H](C(=O)NC(N)=O)c2ccccc2)cc1Cl. The number of hydrogen-bond acceptors (Lipinski definition) is 4. The summed E-state index contributed by atoms with van der Waals surface area (Å²) in [7, 11) is 1.52. The second kappa shape index (κ2) is 7.51. The Labute approximate surface area is 138 Å². The zero-order valence-electron chi connectivity index (χ0n) is 12.4. The number of benzene rings is 2. The van der Waals surface area contributed by atoms with Gasteiger partial charge in [0.15, 0.2) is 0 Å². The largest absolute Gasteiger partial charge is 0.495 e. The van der Waals surface area contributed by atoms with E-state index in [1.54, 1.807) is 42.5 Å². The molecule has 6 nitrogen and oxygen atoms in total. The van der Waals surface area contributed by atoms with Gasteiger partial charge in [-0.15, -0.1) is 0 Å². The number of amides is 3. The average Bonchev–Trinajstić information content (AvgIpc) is 2.53. The average molecular weight is 334 g/mol. The van der Waals surface area contributed by atoms with E-state index in [-0.39, 0.29) is 0 Å². The molecule has 0 spiro atoms. The van der Waals surface area contributed by atoms with Crippen LogP contribution in [0.1, 0.15) is 11.6 Å². The van der Waals surface area contributed by atoms with Gasteiger partial charge in [0, 0.05) is 5.69 Å². The van der Waals surface area contributed by atoms with Crippen molar-refractivity contribution >= 4 is 29.2 Å². The van der Waals surface area contributed by atoms with Crippen LogP contribution in [-0.4, -0.2) is 19.0 Å². The second-order valence-electron chi connectivity index (χ2n) is 4.69. The number of nitrogens with one attached hydrogen (secondary N) is 2. The van der Waals surface area contributed by atoms with Gasteiger partial charge in [0.1, 0.15) is 11.8 Å². The fourth-order valence-electron chi connectivity index (χ4n) is 2.06. The van der Waals surface area contributed by atoms with Crippen LogP contribution >= 0.6 is 11.6 Å². The van der Waals surface area contributed by atoms with Gasteiger partial charge in [0.25, 0.3) is 5.91 Å². The van der Waals surface area contributed by atoms with E-state index in [2.05, 4.69) is 10.6 Å². The molecule has 7 heteroatoms. The van der Waals surface area contributed by atoms with Crippen molar-refractivity contribution in [2.24, 2.45) is 5.73 Å². The summed E-state index contributed by atoms with van der Waals surface area (Å²) in [6, 6.07) is 12.3. The Balaban J connectivity index is 2.29. The maximum absolute atomic E-state index is 12.2. The molecule has 0 unspecified atom stereocenters. The first-order chi connectivity index (χ1) is 11.0. The van der Waals surface area contributed by atoms with Crippen LogP contribution in [0, 0.1) is 0 Å². The molecule has 2 aromatic carbocycles. The lowest BCUT2D eigenvalue weighted by atomic mass is 10.1. The van der Waals surface area contributed by atoms with E-state index < -0.39 is 18.0 Å². The van der Waals surface area contributed by atoms with Gasteiger partial charge in [-0.05, 0) is 23.8 Å². The lowest BCUT2D eigenvalue weighted by molar-refractivity contribution is -0.120. The third kappa shape index (κ3) is 4.37. The van der Waals surface area contributed by atoms with Crippen LogP contribution in [-0.2, 0) is 4.79 Å². The molecule has 0 aromatic heterocycles. The summed E-state index contributed by atoms with van der Waals surface area (Å²) in [6.45, 7) is 0. The standard InChI is InChI=1S/C16H16ClN3O3/c1-23-13-8-7-11(9-12(13)17)19-14(15(21)20-16(18)22)10-5-3-2-4-6-10/h2-9,14,19H,1H3,(H3,18,20,21,22)/t14-/m1/s1. The summed E-state index contributed by atoms with van der Waals surface area (Å²) >= 11 is 6.08. The van der Waals surface area contributed by atoms with Crippen LogP contribution in [0.3, 0.4) is 0 Å². The van der Waals surface area contributed by atoms with E-state index in [0.29, 0.717) is 22.0 Å². The highest BCUT2D eigenvalue weighted by Gasteiger charge is 2.21. The highest BCUT2D eigenvalue weighted by molar-refractivity contribution is 6.32. The van der Waals surface area contributed by atoms with Crippen molar-refractivity contribution in [1.82, 2.24) is 5.32 Å². The molecule has 0 aliphatic carbocycles. The molecule has 0 heterocycles. The molecule has 0 saturated heterocycles. The van der Waals surface area contributed by atoms with Gasteiger partial charge in [-0.1, -0.05) is 41.9 Å². The number of hydrogen-bond donors (Lipinski definition) is 3. The Morgan fingerprint density at radius 1 is 1.17 bits per heavy atom. The van der Waals surface area contributed by atoms with Crippen LogP contribution < -0.4 is 21.1 Å². The molecular weight excluding hydrogens is 318 g/mol. The van der Waals surface area contributed by atoms with Crippen molar-refractivity contribution in [3.63, 3.8) is 0 Å².